The number of nitrogens with one attached hydrogen (secondary N) is 4. The van der Waals surface area contributed by atoms with Crippen LogP contribution in [0.3, 0.4) is 0 Å². The minimum atomic E-state index is -0.351. The average molecular weight is 1120 g/mol. The van der Waals surface area contributed by atoms with E-state index in [1.165, 1.54) is 130 Å². The molecule has 410 valence electrons. The molecular weight excluding hydrogens is 1050 g/mol. The Kier molecular flexibility index (Phi) is 25.4. The van der Waals surface area contributed by atoms with Crippen LogP contribution in [0, 0.1) is 28.5 Å². The molecule has 3 fully saturated rings. The Morgan fingerprint density at radius 3 is 1.36 bits per heavy atom. The van der Waals surface area contributed by atoms with Gasteiger partial charge < -0.3 is 15.1 Å². The summed E-state index contributed by atoms with van der Waals surface area (Å²) in [6.45, 7) is 6.46. The summed E-state index contributed by atoms with van der Waals surface area (Å²) in [6.07, 6.45) is 27.5. The summed E-state index contributed by atoms with van der Waals surface area (Å²) in [5.41, 5.74) is 17.9. The number of H-pyrrole nitrogens is 1. The molecule has 0 unspecified atom stereocenters. The molecule has 3 aliphatic rings. The van der Waals surface area contributed by atoms with Crippen LogP contribution in [0.15, 0.2) is 156 Å². The number of piperidine rings is 3. The summed E-state index contributed by atoms with van der Waals surface area (Å²) < 4.78 is 40.5. The molecule has 3 saturated heterocycles. The van der Waals surface area contributed by atoms with Crippen LogP contribution < -0.4 is 10.2 Å². The number of carbonyl (C=O) groups is 2. The predicted molar refractivity (Wildman–Crippen MR) is 317 cm³/mol. The lowest BCUT2D eigenvalue weighted by Crippen LogP contribution is -2.30. The number of nitrogens with zero attached hydrogens (tertiary/aromatic N) is 6. The van der Waals surface area contributed by atoms with Gasteiger partial charge in [-0.3, -0.25) is 29.6 Å². The third kappa shape index (κ3) is 17.3. The van der Waals surface area contributed by atoms with E-state index in [-0.39, 0.29) is 30.4 Å². The maximum absolute atomic E-state index is 13.3. The van der Waals surface area contributed by atoms with E-state index in [1.54, 1.807) is 73.2 Å². The maximum Gasteiger partial charge on any atom is 0.196 e. The Morgan fingerprint density at radius 1 is 0.500 bits per heavy atom. The second-order valence-electron chi connectivity index (χ2n) is 18.0. The minimum Gasteiger partial charge on any atom is -0.366 e. The molecule has 0 spiro atoms. The van der Waals surface area contributed by atoms with Gasteiger partial charge in [-0.05, 0) is 209 Å². The van der Waals surface area contributed by atoms with Gasteiger partial charge in [0.05, 0.1) is 26.1 Å². The fourth-order valence-corrected chi connectivity index (χ4v) is 11.4. The van der Waals surface area contributed by atoms with Crippen molar-refractivity contribution in [3.63, 3.8) is 0 Å². The number of anilines is 1. The van der Waals surface area contributed by atoms with Gasteiger partial charge in [0.1, 0.15) is 17.5 Å². The van der Waals surface area contributed by atoms with Gasteiger partial charge >= 0.3 is 0 Å². The fraction of sp³-hybridized carbons (Fsp3) is 0.300. The zero-order valence-corrected chi connectivity index (χ0v) is 46.8. The summed E-state index contributed by atoms with van der Waals surface area (Å²) in [7, 11) is 0. The van der Waals surface area contributed by atoms with E-state index >= 15 is 0 Å². The zero-order valence-electron chi connectivity index (χ0n) is 44.3. The van der Waals surface area contributed by atoms with Crippen LogP contribution in [0.5, 0.6) is 0 Å². The SMILES string of the molecule is C1CCNCC1.CS/C(=C(/C(=O)c1ccc(F)cc1)c1ccncc1)N1CCCCC1.CSC(SC)=C(C(=O)c1ccc(F)cc1)c1ccncc1.Fc1ccc(-c2[nH]nc(N3CCCCC3)c2-c2ccncc2)cc1.N=N.[HH]. The van der Waals surface area contributed by atoms with Crippen molar-refractivity contribution in [1.82, 2.24) is 35.4 Å². The van der Waals surface area contributed by atoms with Crippen molar-refractivity contribution in [2.24, 2.45) is 0 Å². The van der Waals surface area contributed by atoms with Crippen molar-refractivity contribution >= 4 is 63.8 Å². The number of halogens is 3. The highest BCUT2D eigenvalue weighted by Crippen LogP contribution is 2.39. The monoisotopic (exact) mass is 1110 g/mol. The summed E-state index contributed by atoms with van der Waals surface area (Å²) in [5, 5.41) is 12.0. The predicted octanol–water partition coefficient (Wildman–Crippen LogP) is 15.0. The lowest BCUT2D eigenvalue weighted by molar-refractivity contribution is 0.104. The van der Waals surface area contributed by atoms with Gasteiger partial charge in [-0.1, -0.05) is 6.42 Å². The molecule has 3 aromatic carbocycles. The summed E-state index contributed by atoms with van der Waals surface area (Å²) >= 11 is 4.65. The number of rotatable bonds is 13. The fourth-order valence-electron chi connectivity index (χ4n) is 9.08. The summed E-state index contributed by atoms with van der Waals surface area (Å²) in [4.78, 5) is 42.8. The van der Waals surface area contributed by atoms with Crippen LogP contribution in [-0.2, 0) is 0 Å². The molecule has 0 radical (unpaired) electrons. The van der Waals surface area contributed by atoms with Gasteiger partial charge in [-0.15, -0.1) is 35.3 Å². The number of hydrogen-bond donors (Lipinski definition) is 4. The van der Waals surface area contributed by atoms with E-state index in [1.807, 2.05) is 55.2 Å². The Labute approximate surface area is 470 Å². The first-order valence-electron chi connectivity index (χ1n) is 25.9. The van der Waals surface area contributed by atoms with E-state index in [2.05, 4.69) is 40.3 Å². The number of aromatic amines is 1. The number of ketones is 2. The smallest absolute Gasteiger partial charge is 0.196 e. The van der Waals surface area contributed by atoms with Crippen molar-refractivity contribution in [1.29, 1.82) is 11.1 Å². The number of likely N-dealkylation sites (tertiary alicyclic amines) is 1. The topological polar surface area (TPSA) is 168 Å². The molecule has 4 aromatic heterocycles. The number of carbonyl (C=O) groups excluding carboxylic acids is 2. The number of hydrogen-bond acceptors (Lipinski definition) is 14. The largest absolute Gasteiger partial charge is 0.366 e. The zero-order chi connectivity index (χ0) is 55.5. The van der Waals surface area contributed by atoms with Gasteiger partial charge in [-0.2, -0.15) is 5.10 Å². The molecule has 0 bridgehead atoms. The minimum absolute atomic E-state index is 0. The third-order valence-electron chi connectivity index (χ3n) is 12.9. The van der Waals surface area contributed by atoms with E-state index in [0.29, 0.717) is 22.3 Å². The van der Waals surface area contributed by atoms with Crippen LogP contribution >= 0.6 is 35.3 Å². The summed E-state index contributed by atoms with van der Waals surface area (Å²) in [5.74, 6) is -0.149. The molecule has 0 saturated carbocycles. The highest BCUT2D eigenvalue weighted by Gasteiger charge is 2.26. The van der Waals surface area contributed by atoms with Gasteiger partial charge in [0.25, 0.3) is 0 Å². The second-order valence-corrected chi connectivity index (χ2v) is 20.7. The number of allylic oxidation sites excluding steroid dienone is 2. The van der Waals surface area contributed by atoms with Crippen LogP contribution in [0.2, 0.25) is 0 Å². The molecule has 3 aliphatic heterocycles. The quantitative estimate of drug-likeness (QED) is 0.0491. The lowest BCUT2D eigenvalue weighted by Gasteiger charge is -2.32. The van der Waals surface area contributed by atoms with Crippen molar-refractivity contribution in [2.45, 2.75) is 57.8 Å². The molecule has 10 rings (SSSR count). The van der Waals surface area contributed by atoms with Gasteiger partial charge in [0, 0.05) is 87.1 Å². The van der Waals surface area contributed by atoms with Crippen molar-refractivity contribution in [2.75, 3.05) is 62.9 Å². The Balaban J connectivity index is 0.000000203. The molecule has 0 atom stereocenters. The Morgan fingerprint density at radius 2 is 0.923 bits per heavy atom. The Bertz CT molecular complexity index is 2960. The molecule has 18 heteroatoms. The normalized spacial score (nSPS) is 14.2. The number of thioether (sulfide) groups is 3. The molecule has 7 heterocycles. The highest BCUT2D eigenvalue weighted by molar-refractivity contribution is 8.22. The first-order chi connectivity index (χ1) is 38.2. The van der Waals surface area contributed by atoms with Crippen LogP contribution in [0.25, 0.3) is 33.5 Å². The van der Waals surface area contributed by atoms with Crippen LogP contribution in [0.4, 0.5) is 19.0 Å². The van der Waals surface area contributed by atoms with E-state index in [4.69, 9.17) is 11.1 Å². The first-order valence-corrected chi connectivity index (χ1v) is 29.6. The maximum atomic E-state index is 13.3. The number of pyridine rings is 3. The molecule has 12 nitrogen and oxygen atoms in total. The van der Waals surface area contributed by atoms with Gasteiger partial charge in [0.2, 0.25) is 0 Å². The van der Waals surface area contributed by atoms with Crippen LogP contribution in [0.1, 0.15) is 91.1 Å². The standard InChI is InChI=1S/C20H21FN2OS.C19H19FN4.C16H14FNOS2.C5H11N.H2N2.H2/c1-25-20(23-13-3-2-4-14-23)18(15-9-11-22-12-10-15)19(24)16-5-7-17(21)8-6-16;20-16-6-4-15(5-7-16)18-17(14-8-10-21-11-9-14)19(23-22-18)24-12-2-1-3-13-24;1-20-16(21-2)14(11-7-9-18-10-8-11)15(19)12-3-5-13(17)6-4-12;1-2-4-6-5-3-1;1-2;/h5-12H,2-4,13-14H2,1H3;4-11H,1-3,12-13H2,(H,22,23);3-10H,1-2H3;6H,1-5H2;1-2H;1H/b20-18+;;;;;. The van der Waals surface area contributed by atoms with Gasteiger partial charge in [-0.25, -0.2) is 24.2 Å². The summed E-state index contributed by atoms with van der Waals surface area (Å²) in [6, 6.07) is 29.2. The lowest BCUT2D eigenvalue weighted by atomic mass is 9.97. The van der Waals surface area contributed by atoms with Crippen molar-refractivity contribution in [3.8, 4) is 22.4 Å². The molecular formula is C60H69F3N10O2S3. The highest BCUT2D eigenvalue weighted by atomic mass is 32.2. The van der Waals surface area contributed by atoms with E-state index in [9.17, 15) is 22.8 Å². The third-order valence-corrected chi connectivity index (χ3v) is 15.9. The number of aromatic nitrogens is 5. The molecule has 4 N–H and O–H groups in total. The average Bonchev–Trinajstić information content (AvgIpc) is 3.99. The van der Waals surface area contributed by atoms with E-state index < -0.39 is 0 Å². The molecule has 0 amide bonds. The second kappa shape index (κ2) is 32.8. The first kappa shape index (κ1) is 60.4. The molecule has 0 aliphatic carbocycles. The van der Waals surface area contributed by atoms with E-state index in [0.717, 1.165) is 87.6 Å². The number of Topliss-reactive ketones (excluding diaryl/α,β-unsaturated/α-hetero) is 2. The molecule has 78 heavy (non-hydrogen) atoms. The number of benzene rings is 3. The molecule has 7 aromatic rings. The van der Waals surface area contributed by atoms with Gasteiger partial charge in [0.15, 0.2) is 17.4 Å². The van der Waals surface area contributed by atoms with Crippen LogP contribution in [-0.4, -0.2) is 99.7 Å². The Hall–Kier alpha value is -6.86. The van der Waals surface area contributed by atoms with Crippen molar-refractivity contribution < 1.29 is 24.2 Å². The van der Waals surface area contributed by atoms with Crippen molar-refractivity contribution in [3.05, 3.63) is 195 Å².